The fourth-order valence-corrected chi connectivity index (χ4v) is 3.02. The van der Waals surface area contributed by atoms with Crippen molar-refractivity contribution in [2.45, 2.75) is 25.8 Å². The third kappa shape index (κ3) is 3.92. The van der Waals surface area contributed by atoms with E-state index in [2.05, 4.69) is 4.98 Å². The minimum Gasteiger partial charge on any atom is -0.456 e. The molecular weight excluding hydrogens is 302 g/mol. The van der Waals surface area contributed by atoms with E-state index in [9.17, 15) is 4.79 Å². The van der Waals surface area contributed by atoms with Gasteiger partial charge in [0, 0.05) is 30.9 Å². The summed E-state index contributed by atoms with van der Waals surface area (Å²) in [4.78, 5) is 18.6. The van der Waals surface area contributed by atoms with Crippen LogP contribution in [0.25, 0.3) is 0 Å². The van der Waals surface area contributed by atoms with E-state index >= 15 is 0 Å². The lowest BCUT2D eigenvalue weighted by Gasteiger charge is -2.34. The first-order valence-corrected chi connectivity index (χ1v) is 8.36. The van der Waals surface area contributed by atoms with Crippen LogP contribution in [0, 0.1) is 5.92 Å². The highest BCUT2D eigenvalue weighted by Gasteiger charge is 2.26. The van der Waals surface area contributed by atoms with E-state index in [4.69, 9.17) is 10.5 Å². The summed E-state index contributed by atoms with van der Waals surface area (Å²) in [5.74, 6) is 1.81. The van der Waals surface area contributed by atoms with Crippen LogP contribution in [-0.2, 0) is 0 Å². The van der Waals surface area contributed by atoms with Crippen LogP contribution in [0.1, 0.15) is 30.1 Å². The number of carbonyl (C=O) groups is 1. The van der Waals surface area contributed by atoms with Gasteiger partial charge in [0.25, 0.3) is 5.91 Å². The molecule has 0 aliphatic carbocycles. The molecule has 1 saturated heterocycles. The summed E-state index contributed by atoms with van der Waals surface area (Å²) in [7, 11) is 0. The molecule has 2 N–H and O–H groups in total. The molecule has 3 rings (SSSR count). The molecule has 0 radical (unpaired) electrons. The first-order valence-electron chi connectivity index (χ1n) is 8.36. The van der Waals surface area contributed by atoms with E-state index < -0.39 is 0 Å². The number of nitrogens with zero attached hydrogens (tertiary/aromatic N) is 2. The van der Waals surface area contributed by atoms with E-state index in [1.807, 2.05) is 48.2 Å². The molecule has 0 saturated carbocycles. The average molecular weight is 325 g/mol. The van der Waals surface area contributed by atoms with Crippen LogP contribution in [0.2, 0.25) is 0 Å². The smallest absolute Gasteiger partial charge is 0.253 e. The molecule has 2 aromatic rings. The Balaban J connectivity index is 1.65. The number of hydrogen-bond acceptors (Lipinski definition) is 4. The average Bonchev–Trinajstić information content (AvgIpc) is 2.63. The first-order chi connectivity index (χ1) is 11.6. The highest BCUT2D eigenvalue weighted by atomic mass is 16.5. The molecule has 1 amide bonds. The minimum atomic E-state index is 0.0632. The van der Waals surface area contributed by atoms with Crippen molar-refractivity contribution in [3.8, 4) is 11.5 Å². The van der Waals surface area contributed by atoms with Crippen molar-refractivity contribution < 1.29 is 9.53 Å². The number of rotatable bonds is 4. The number of benzene rings is 1. The fourth-order valence-electron chi connectivity index (χ4n) is 3.02. The van der Waals surface area contributed by atoms with E-state index in [1.165, 1.54) is 0 Å². The van der Waals surface area contributed by atoms with Gasteiger partial charge in [0.2, 0.25) is 0 Å². The van der Waals surface area contributed by atoms with Gasteiger partial charge in [-0.05, 0) is 62.1 Å². The van der Waals surface area contributed by atoms with Gasteiger partial charge < -0.3 is 15.4 Å². The Labute approximate surface area is 142 Å². The number of hydrogen-bond donors (Lipinski definition) is 1. The molecule has 1 aromatic carbocycles. The molecule has 2 atom stereocenters. The van der Waals surface area contributed by atoms with Crippen molar-refractivity contribution in [1.29, 1.82) is 0 Å². The Kier molecular flexibility index (Phi) is 5.11. The normalized spacial score (nSPS) is 18.9. The molecule has 5 nitrogen and oxygen atoms in total. The Hall–Kier alpha value is -2.40. The van der Waals surface area contributed by atoms with Gasteiger partial charge in [-0.25, -0.2) is 0 Å². The maximum Gasteiger partial charge on any atom is 0.253 e. The molecule has 5 heteroatoms. The monoisotopic (exact) mass is 325 g/mol. The molecule has 2 unspecified atom stereocenters. The molecule has 24 heavy (non-hydrogen) atoms. The highest BCUT2D eigenvalue weighted by molar-refractivity contribution is 5.94. The Bertz CT molecular complexity index is 671. The van der Waals surface area contributed by atoms with Crippen LogP contribution in [0.3, 0.4) is 0 Å². The van der Waals surface area contributed by atoms with E-state index in [0.717, 1.165) is 25.9 Å². The summed E-state index contributed by atoms with van der Waals surface area (Å²) >= 11 is 0. The summed E-state index contributed by atoms with van der Waals surface area (Å²) < 4.78 is 5.70. The van der Waals surface area contributed by atoms with Gasteiger partial charge in [-0.1, -0.05) is 0 Å². The number of nitrogens with two attached hydrogens (primary N) is 1. The minimum absolute atomic E-state index is 0.0632. The number of pyridine rings is 1. The summed E-state index contributed by atoms with van der Waals surface area (Å²) in [5, 5.41) is 0. The number of aromatic nitrogens is 1. The standard InChI is InChI=1S/C19H23N3O2/c1-14(20)16-4-3-11-22(13-16)19(23)15-6-8-17(9-7-15)24-18-5-2-10-21-12-18/h2,5-10,12,14,16H,3-4,11,13,20H2,1H3. The molecule has 1 aliphatic heterocycles. The van der Waals surface area contributed by atoms with Gasteiger partial charge in [0.1, 0.15) is 11.5 Å². The largest absolute Gasteiger partial charge is 0.456 e. The lowest BCUT2D eigenvalue weighted by Crippen LogP contribution is -2.45. The van der Waals surface area contributed by atoms with Crippen LogP contribution in [0.15, 0.2) is 48.8 Å². The van der Waals surface area contributed by atoms with Gasteiger partial charge >= 0.3 is 0 Å². The second kappa shape index (κ2) is 7.45. The number of likely N-dealkylation sites (tertiary alicyclic amines) is 1. The zero-order chi connectivity index (χ0) is 16.9. The predicted octanol–water partition coefficient (Wildman–Crippen LogP) is 3.07. The van der Waals surface area contributed by atoms with E-state index in [0.29, 0.717) is 23.0 Å². The highest BCUT2D eigenvalue weighted by Crippen LogP contribution is 2.23. The fraction of sp³-hybridized carbons (Fsp3) is 0.368. The third-order valence-corrected chi connectivity index (χ3v) is 4.46. The number of carbonyl (C=O) groups excluding carboxylic acids is 1. The number of ether oxygens (including phenoxy) is 1. The second-order valence-corrected chi connectivity index (χ2v) is 6.33. The zero-order valence-electron chi connectivity index (χ0n) is 13.9. The first kappa shape index (κ1) is 16.5. The summed E-state index contributed by atoms with van der Waals surface area (Å²) in [6.45, 7) is 3.56. The summed E-state index contributed by atoms with van der Waals surface area (Å²) in [6, 6.07) is 11.0. The van der Waals surface area contributed by atoms with E-state index in [1.54, 1.807) is 12.4 Å². The molecule has 1 aromatic heterocycles. The summed E-state index contributed by atoms with van der Waals surface area (Å²) in [6.07, 6.45) is 5.46. The predicted molar refractivity (Wildman–Crippen MR) is 93.0 cm³/mol. The summed E-state index contributed by atoms with van der Waals surface area (Å²) in [5.41, 5.74) is 6.68. The maximum absolute atomic E-state index is 12.7. The van der Waals surface area contributed by atoms with Crippen LogP contribution < -0.4 is 10.5 Å². The van der Waals surface area contributed by atoms with Gasteiger partial charge in [0.05, 0.1) is 6.20 Å². The Morgan fingerprint density at radius 1 is 1.29 bits per heavy atom. The molecule has 126 valence electrons. The van der Waals surface area contributed by atoms with Crippen LogP contribution >= 0.6 is 0 Å². The molecule has 1 fully saturated rings. The van der Waals surface area contributed by atoms with Crippen LogP contribution in [0.4, 0.5) is 0 Å². The molecule has 2 heterocycles. The van der Waals surface area contributed by atoms with Crippen LogP contribution in [0.5, 0.6) is 11.5 Å². The second-order valence-electron chi connectivity index (χ2n) is 6.33. The van der Waals surface area contributed by atoms with Gasteiger partial charge in [0.15, 0.2) is 0 Å². The third-order valence-electron chi connectivity index (χ3n) is 4.46. The molecule has 1 aliphatic rings. The zero-order valence-corrected chi connectivity index (χ0v) is 13.9. The Morgan fingerprint density at radius 3 is 2.75 bits per heavy atom. The number of piperidine rings is 1. The lowest BCUT2D eigenvalue weighted by molar-refractivity contribution is 0.0661. The van der Waals surface area contributed by atoms with Crippen molar-refractivity contribution in [2.75, 3.05) is 13.1 Å². The van der Waals surface area contributed by atoms with Gasteiger partial charge in [-0.3, -0.25) is 9.78 Å². The SMILES string of the molecule is CC(N)C1CCCN(C(=O)c2ccc(Oc3cccnc3)cc2)C1. The number of amides is 1. The maximum atomic E-state index is 12.7. The quantitative estimate of drug-likeness (QED) is 0.938. The van der Waals surface area contributed by atoms with Crippen molar-refractivity contribution >= 4 is 5.91 Å². The van der Waals surface area contributed by atoms with Crippen molar-refractivity contribution in [1.82, 2.24) is 9.88 Å². The van der Waals surface area contributed by atoms with E-state index in [-0.39, 0.29) is 11.9 Å². The Morgan fingerprint density at radius 2 is 2.08 bits per heavy atom. The van der Waals surface area contributed by atoms with Crippen LogP contribution in [-0.4, -0.2) is 34.9 Å². The molecule has 0 bridgehead atoms. The van der Waals surface area contributed by atoms with Crippen molar-refractivity contribution in [2.24, 2.45) is 11.7 Å². The van der Waals surface area contributed by atoms with Crippen molar-refractivity contribution in [3.05, 3.63) is 54.4 Å². The molecular formula is C19H23N3O2. The lowest BCUT2D eigenvalue weighted by atomic mass is 9.92. The van der Waals surface area contributed by atoms with Crippen molar-refractivity contribution in [3.63, 3.8) is 0 Å². The topological polar surface area (TPSA) is 68.5 Å². The van der Waals surface area contributed by atoms with Gasteiger partial charge in [-0.15, -0.1) is 0 Å². The van der Waals surface area contributed by atoms with Gasteiger partial charge in [-0.2, -0.15) is 0 Å². The molecule has 0 spiro atoms.